The van der Waals surface area contributed by atoms with E-state index < -0.39 is 0 Å². The van der Waals surface area contributed by atoms with E-state index in [0.29, 0.717) is 4.88 Å². The number of hydrogen-bond acceptors (Lipinski definition) is 6. The maximum absolute atomic E-state index is 12.6. The molecule has 28 heavy (non-hydrogen) atoms. The summed E-state index contributed by atoms with van der Waals surface area (Å²) < 4.78 is 5.79. The summed E-state index contributed by atoms with van der Waals surface area (Å²) >= 11 is 1.37. The molecule has 1 fully saturated rings. The zero-order valence-corrected chi connectivity index (χ0v) is 16.6. The molecule has 1 N–H and O–H groups in total. The average Bonchev–Trinajstić information content (AvgIpc) is 3.19. The third-order valence-corrected chi connectivity index (χ3v) is 5.61. The number of thiazole rings is 1. The zero-order valence-electron chi connectivity index (χ0n) is 15.8. The highest BCUT2D eigenvalue weighted by Crippen LogP contribution is 2.26. The van der Waals surface area contributed by atoms with Gasteiger partial charge in [-0.05, 0) is 50.2 Å². The first kappa shape index (κ1) is 18.6. The number of pyridine rings is 1. The van der Waals surface area contributed by atoms with E-state index in [4.69, 9.17) is 4.74 Å². The number of nitrogens with zero attached hydrogens (tertiary/aromatic N) is 3. The topological polar surface area (TPSA) is 67.4 Å². The summed E-state index contributed by atoms with van der Waals surface area (Å²) in [7, 11) is 0. The van der Waals surface area contributed by atoms with Crippen LogP contribution in [0.3, 0.4) is 0 Å². The van der Waals surface area contributed by atoms with Crippen molar-refractivity contribution in [2.75, 3.05) is 23.3 Å². The maximum Gasteiger partial charge on any atom is 0.267 e. The van der Waals surface area contributed by atoms with E-state index >= 15 is 0 Å². The van der Waals surface area contributed by atoms with Crippen molar-refractivity contribution in [3.8, 4) is 10.6 Å². The number of carbonyl (C=O) groups is 1. The van der Waals surface area contributed by atoms with Gasteiger partial charge in [0.2, 0.25) is 0 Å². The van der Waals surface area contributed by atoms with Gasteiger partial charge in [0.25, 0.3) is 5.91 Å². The molecule has 0 unspecified atom stereocenters. The van der Waals surface area contributed by atoms with Crippen LogP contribution in [0, 0.1) is 0 Å². The third kappa shape index (κ3) is 4.21. The Morgan fingerprint density at radius 3 is 2.46 bits per heavy atom. The fourth-order valence-corrected chi connectivity index (χ4v) is 4.16. The SMILES string of the molecule is C[C@@H]1CN(c2ccc(NC(=O)c3cnc(-c4ccncc4)s3)cc2)C[C@H](C)O1. The lowest BCUT2D eigenvalue weighted by atomic mass is 10.2. The highest BCUT2D eigenvalue weighted by atomic mass is 32.1. The standard InChI is InChI=1S/C21H22N4O2S/c1-14-12-25(13-15(2)27-14)18-5-3-17(4-6-18)24-20(26)19-11-23-21(28-19)16-7-9-22-10-8-16/h3-11,14-15H,12-13H2,1-2H3,(H,24,26)/t14-,15+. The molecule has 3 heterocycles. The number of carbonyl (C=O) groups excluding carboxylic acids is 1. The molecule has 7 heteroatoms. The molecule has 144 valence electrons. The summed E-state index contributed by atoms with van der Waals surface area (Å²) in [4.78, 5) is 23.8. The van der Waals surface area contributed by atoms with Crippen molar-refractivity contribution in [2.24, 2.45) is 0 Å². The van der Waals surface area contributed by atoms with Gasteiger partial charge in [0.1, 0.15) is 9.88 Å². The lowest BCUT2D eigenvalue weighted by molar-refractivity contribution is -0.00521. The predicted molar refractivity (Wildman–Crippen MR) is 112 cm³/mol. The molecule has 1 aliphatic rings. The Bertz CT molecular complexity index is 933. The Labute approximate surface area is 168 Å². The fraction of sp³-hybridized carbons (Fsp3) is 0.286. The minimum Gasteiger partial charge on any atom is -0.372 e. The Hall–Kier alpha value is -2.77. The zero-order chi connectivity index (χ0) is 19.5. The number of nitrogens with one attached hydrogen (secondary N) is 1. The van der Waals surface area contributed by atoms with Crippen molar-refractivity contribution < 1.29 is 9.53 Å². The van der Waals surface area contributed by atoms with Crippen LogP contribution in [-0.4, -0.2) is 41.2 Å². The van der Waals surface area contributed by atoms with Crippen LogP contribution in [0.1, 0.15) is 23.5 Å². The van der Waals surface area contributed by atoms with Crippen LogP contribution in [0.15, 0.2) is 55.0 Å². The summed E-state index contributed by atoms with van der Waals surface area (Å²) in [6, 6.07) is 11.7. The van der Waals surface area contributed by atoms with Crippen molar-refractivity contribution in [1.29, 1.82) is 0 Å². The van der Waals surface area contributed by atoms with Crippen molar-refractivity contribution >= 4 is 28.6 Å². The van der Waals surface area contributed by atoms with Crippen molar-refractivity contribution in [3.63, 3.8) is 0 Å². The van der Waals surface area contributed by atoms with Gasteiger partial charge in [-0.25, -0.2) is 4.98 Å². The molecule has 4 rings (SSSR count). The van der Waals surface area contributed by atoms with Crippen molar-refractivity contribution in [3.05, 3.63) is 59.9 Å². The molecule has 0 saturated carbocycles. The van der Waals surface area contributed by atoms with Gasteiger partial charge in [0.05, 0.1) is 18.4 Å². The van der Waals surface area contributed by atoms with E-state index in [1.54, 1.807) is 18.6 Å². The number of morpholine rings is 1. The van der Waals surface area contributed by atoms with E-state index in [2.05, 4.69) is 34.0 Å². The van der Waals surface area contributed by atoms with Gasteiger partial charge >= 0.3 is 0 Å². The van der Waals surface area contributed by atoms with E-state index in [1.807, 2.05) is 36.4 Å². The number of hydrogen-bond donors (Lipinski definition) is 1. The molecule has 3 aromatic rings. The Kier molecular flexibility index (Phi) is 5.36. The number of amides is 1. The molecule has 1 aromatic carbocycles. The third-order valence-electron chi connectivity index (χ3n) is 4.57. The maximum atomic E-state index is 12.6. The van der Waals surface area contributed by atoms with Gasteiger partial charge in [-0.15, -0.1) is 11.3 Å². The summed E-state index contributed by atoms with van der Waals surface area (Å²) in [5.74, 6) is -0.154. The summed E-state index contributed by atoms with van der Waals surface area (Å²) in [5, 5.41) is 3.75. The molecule has 0 bridgehead atoms. The number of benzene rings is 1. The van der Waals surface area contributed by atoms with Crippen molar-refractivity contribution in [1.82, 2.24) is 9.97 Å². The van der Waals surface area contributed by atoms with Crippen LogP contribution in [-0.2, 0) is 4.74 Å². The minimum absolute atomic E-state index is 0.154. The van der Waals surface area contributed by atoms with E-state index in [-0.39, 0.29) is 18.1 Å². The smallest absolute Gasteiger partial charge is 0.267 e. The van der Waals surface area contributed by atoms with E-state index in [9.17, 15) is 4.79 Å². The Balaban J connectivity index is 1.42. The molecule has 6 nitrogen and oxygen atoms in total. The first-order valence-corrected chi connectivity index (χ1v) is 10.1. The average molecular weight is 395 g/mol. The quantitative estimate of drug-likeness (QED) is 0.722. The molecule has 1 saturated heterocycles. The van der Waals surface area contributed by atoms with Crippen LogP contribution >= 0.6 is 11.3 Å². The van der Waals surface area contributed by atoms with Crippen LogP contribution < -0.4 is 10.2 Å². The normalized spacial score (nSPS) is 19.4. The van der Waals surface area contributed by atoms with Crippen LogP contribution in [0.25, 0.3) is 10.6 Å². The van der Waals surface area contributed by atoms with Gasteiger partial charge in [0, 0.05) is 42.4 Å². The lowest BCUT2D eigenvalue weighted by Crippen LogP contribution is -2.45. The number of anilines is 2. The highest BCUT2D eigenvalue weighted by Gasteiger charge is 2.22. The van der Waals surface area contributed by atoms with E-state index in [1.165, 1.54) is 11.3 Å². The summed E-state index contributed by atoms with van der Waals surface area (Å²) in [6.45, 7) is 5.92. The van der Waals surface area contributed by atoms with Crippen LogP contribution in [0.2, 0.25) is 0 Å². The summed E-state index contributed by atoms with van der Waals surface area (Å²) in [5.41, 5.74) is 2.86. The molecule has 1 amide bonds. The second kappa shape index (κ2) is 8.08. The molecule has 0 aliphatic carbocycles. The first-order valence-electron chi connectivity index (χ1n) is 9.26. The highest BCUT2D eigenvalue weighted by molar-refractivity contribution is 7.17. The van der Waals surface area contributed by atoms with Gasteiger partial charge in [-0.1, -0.05) is 0 Å². The van der Waals surface area contributed by atoms with E-state index in [0.717, 1.165) is 35.0 Å². The molecule has 0 radical (unpaired) electrons. The fourth-order valence-electron chi connectivity index (χ4n) is 3.34. The molecule has 2 atom stereocenters. The monoisotopic (exact) mass is 394 g/mol. The molecular formula is C21H22N4O2S. The summed E-state index contributed by atoms with van der Waals surface area (Å²) in [6.07, 6.45) is 5.47. The molecule has 0 spiro atoms. The lowest BCUT2D eigenvalue weighted by Gasteiger charge is -2.36. The van der Waals surface area contributed by atoms with Gasteiger partial charge in [0.15, 0.2) is 0 Å². The van der Waals surface area contributed by atoms with Crippen LogP contribution in [0.5, 0.6) is 0 Å². The Morgan fingerprint density at radius 2 is 1.79 bits per heavy atom. The first-order chi connectivity index (χ1) is 13.6. The second-order valence-corrected chi connectivity index (χ2v) is 7.96. The number of ether oxygens (including phenoxy) is 1. The largest absolute Gasteiger partial charge is 0.372 e. The van der Waals surface area contributed by atoms with Crippen molar-refractivity contribution in [2.45, 2.75) is 26.1 Å². The number of aromatic nitrogens is 2. The Morgan fingerprint density at radius 1 is 1.11 bits per heavy atom. The molecular weight excluding hydrogens is 372 g/mol. The molecule has 2 aromatic heterocycles. The number of rotatable bonds is 4. The second-order valence-electron chi connectivity index (χ2n) is 6.93. The minimum atomic E-state index is -0.154. The van der Waals surface area contributed by atoms with Crippen LogP contribution in [0.4, 0.5) is 11.4 Å². The molecule has 1 aliphatic heterocycles. The van der Waals surface area contributed by atoms with Gasteiger partial charge in [-0.2, -0.15) is 0 Å². The van der Waals surface area contributed by atoms with Gasteiger partial charge < -0.3 is 15.0 Å². The van der Waals surface area contributed by atoms with Gasteiger partial charge in [-0.3, -0.25) is 9.78 Å². The predicted octanol–water partition coefficient (Wildman–Crippen LogP) is 4.07.